The van der Waals surface area contributed by atoms with Crippen molar-refractivity contribution in [2.45, 2.75) is 116 Å². The highest BCUT2D eigenvalue weighted by Gasteiger charge is 2.53. The van der Waals surface area contributed by atoms with E-state index in [2.05, 4.69) is 74.4 Å². The van der Waals surface area contributed by atoms with Gasteiger partial charge in [0.2, 0.25) is 5.82 Å². The van der Waals surface area contributed by atoms with Crippen molar-refractivity contribution >= 4 is 35.0 Å². The first-order valence-corrected chi connectivity index (χ1v) is 20.7. The first-order chi connectivity index (χ1) is 29.1. The number of nitrogens with zero attached hydrogens (tertiary/aromatic N) is 9. The van der Waals surface area contributed by atoms with Crippen molar-refractivity contribution in [3.05, 3.63) is 89.8 Å². The number of fused-ring (bicyclic) bond motifs is 1. The number of hydrogen-bond acceptors (Lipinski definition) is 14. The lowest BCUT2D eigenvalue weighted by Gasteiger charge is -2.32. The molecule has 3 aromatic heterocycles. The van der Waals surface area contributed by atoms with Crippen LogP contribution < -0.4 is 16.0 Å². The molecule has 2 aromatic carbocycles. The Morgan fingerprint density at radius 2 is 1.58 bits per heavy atom. The molecule has 4 atom stereocenters. The van der Waals surface area contributed by atoms with E-state index >= 15 is 0 Å². The van der Waals surface area contributed by atoms with Crippen LogP contribution in [0.25, 0.3) is 11.2 Å². The van der Waals surface area contributed by atoms with E-state index in [-0.39, 0.29) is 30.1 Å². The summed E-state index contributed by atoms with van der Waals surface area (Å²) in [4.78, 5) is 56.6. The maximum Gasteiger partial charge on any atom is 0.315 e. The molecule has 1 aliphatic carbocycles. The summed E-state index contributed by atoms with van der Waals surface area (Å²) in [5, 5.41) is 22.1. The normalized spacial score (nSPS) is 19.3. The Kier molecular flexibility index (Phi) is 13.6. The molecule has 4 heterocycles. The zero-order valence-electron chi connectivity index (χ0n) is 34.7. The number of rotatable bonds is 17. The quantitative estimate of drug-likeness (QED) is 0.109. The molecule has 2 fully saturated rings. The van der Waals surface area contributed by atoms with Gasteiger partial charge < -0.3 is 30.2 Å². The molecule has 18 nitrogen and oxygen atoms in total. The molecular weight excluding hydrogens is 769 g/mol. The Balaban J connectivity index is 1.20. The van der Waals surface area contributed by atoms with Gasteiger partial charge in [-0.15, -0.1) is 10.2 Å². The number of tetrazole rings is 1. The average Bonchev–Trinajstić information content (AvgIpc) is 4.07. The predicted octanol–water partition coefficient (Wildman–Crippen LogP) is 4.66. The van der Waals surface area contributed by atoms with E-state index in [0.29, 0.717) is 48.7 Å². The first-order valence-electron chi connectivity index (χ1n) is 20.7. The van der Waals surface area contributed by atoms with E-state index in [0.717, 1.165) is 17.7 Å². The summed E-state index contributed by atoms with van der Waals surface area (Å²) in [5.74, 6) is -0.446. The number of anilines is 1. The number of nitrogens with one attached hydrogen (secondary N) is 3. The smallest absolute Gasteiger partial charge is 0.315 e. The number of imidazole rings is 1. The largest absolute Gasteiger partial charge is 0.455 e. The number of aromatic nitrogens is 8. The Labute approximate surface area is 348 Å². The van der Waals surface area contributed by atoms with E-state index < -0.39 is 36.5 Å². The predicted molar refractivity (Wildman–Crippen MR) is 220 cm³/mol. The van der Waals surface area contributed by atoms with Gasteiger partial charge in [-0.05, 0) is 50.0 Å². The second-order valence-electron chi connectivity index (χ2n) is 15.4. The van der Waals surface area contributed by atoms with Crippen molar-refractivity contribution in [3.8, 4) is 0 Å². The van der Waals surface area contributed by atoms with Crippen LogP contribution in [0, 0.1) is 0 Å². The van der Waals surface area contributed by atoms with Gasteiger partial charge in [-0.1, -0.05) is 73.5 Å². The Morgan fingerprint density at radius 3 is 2.20 bits per heavy atom. The maximum atomic E-state index is 13.2. The molecule has 5 aromatic rings. The molecule has 60 heavy (non-hydrogen) atoms. The summed E-state index contributed by atoms with van der Waals surface area (Å²) < 4.78 is 19.7. The molecule has 318 valence electrons. The van der Waals surface area contributed by atoms with Gasteiger partial charge in [0.1, 0.15) is 0 Å². The van der Waals surface area contributed by atoms with Gasteiger partial charge in [-0.25, -0.2) is 19.7 Å². The Bertz CT molecular complexity index is 2170. The van der Waals surface area contributed by atoms with E-state index in [1.54, 1.807) is 4.57 Å². The summed E-state index contributed by atoms with van der Waals surface area (Å²) in [6, 6.07) is 20.9. The number of carbonyl (C=O) groups is 3. The van der Waals surface area contributed by atoms with E-state index in [4.69, 9.17) is 29.2 Å². The molecule has 1 saturated carbocycles. The summed E-state index contributed by atoms with van der Waals surface area (Å²) in [7, 11) is 0. The maximum absolute atomic E-state index is 13.2. The van der Waals surface area contributed by atoms with E-state index in [1.165, 1.54) is 50.7 Å². The summed E-state index contributed by atoms with van der Waals surface area (Å²) in [6.07, 6.45) is 1.92. The third-order valence-corrected chi connectivity index (χ3v) is 10.9. The highest BCUT2D eigenvalue weighted by Crippen LogP contribution is 2.42. The van der Waals surface area contributed by atoms with Crippen LogP contribution in [0.15, 0.2) is 67.0 Å². The lowest BCUT2D eigenvalue weighted by atomic mass is 9.91. The molecule has 1 aliphatic heterocycles. The fourth-order valence-electron chi connectivity index (χ4n) is 8.18. The number of hydrogen-bond donors (Lipinski definition) is 3. The molecule has 7 rings (SSSR count). The van der Waals surface area contributed by atoms with Crippen molar-refractivity contribution < 1.29 is 28.6 Å². The van der Waals surface area contributed by atoms with Crippen LogP contribution in [0.5, 0.6) is 0 Å². The number of aryl methyl sites for hydroxylation is 1. The summed E-state index contributed by atoms with van der Waals surface area (Å²) in [5.41, 5.74) is 2.93. The highest BCUT2D eigenvalue weighted by atomic mass is 16.6. The van der Waals surface area contributed by atoms with Crippen LogP contribution in [0.3, 0.4) is 0 Å². The fraction of sp³-hybridized carbons (Fsp3) is 0.500. The summed E-state index contributed by atoms with van der Waals surface area (Å²) >= 11 is 0. The molecular formula is C42H54N12O6. The molecule has 0 spiro atoms. The number of carbonyl (C=O) groups excluding carboxylic acids is 3. The average molecular weight is 823 g/mol. The Hall–Kier alpha value is -6.01. The minimum absolute atomic E-state index is 0.0133. The third-order valence-electron chi connectivity index (χ3n) is 10.9. The van der Waals surface area contributed by atoms with Crippen LogP contribution >= 0.6 is 0 Å². The highest BCUT2D eigenvalue weighted by molar-refractivity contribution is 5.83. The van der Waals surface area contributed by atoms with Gasteiger partial charge in [-0.2, -0.15) is 4.80 Å². The number of amides is 2. The van der Waals surface area contributed by atoms with E-state index in [1.807, 2.05) is 43.3 Å². The lowest BCUT2D eigenvalue weighted by molar-refractivity contribution is -0.165. The molecule has 2 amide bonds. The van der Waals surface area contributed by atoms with Crippen molar-refractivity contribution in [3.63, 3.8) is 0 Å². The number of esters is 2. The van der Waals surface area contributed by atoms with Crippen LogP contribution in [-0.2, 0) is 36.9 Å². The van der Waals surface area contributed by atoms with Gasteiger partial charge in [0.05, 0.1) is 19.4 Å². The molecule has 2 aliphatic rings. The van der Waals surface area contributed by atoms with Crippen LogP contribution in [0.2, 0.25) is 0 Å². The SMILES string of the molecule is CCn1nnc([C@H]2O[C@@H](n3cnc4c(NCC(c5ccccc5)c5ccccc5)nc(CNC(=O)NCCN(C(C)C)C5CCCC5)nc43)[C@H](OC(C)=O)[C@@H]2OC(C)=O)n1. The minimum Gasteiger partial charge on any atom is -0.455 e. The second-order valence-corrected chi connectivity index (χ2v) is 15.4. The minimum atomic E-state index is -1.16. The molecule has 18 heteroatoms. The summed E-state index contributed by atoms with van der Waals surface area (Å²) in [6.45, 7) is 10.9. The van der Waals surface area contributed by atoms with Crippen molar-refractivity contribution in [2.24, 2.45) is 0 Å². The fourth-order valence-corrected chi connectivity index (χ4v) is 8.18. The third kappa shape index (κ3) is 9.88. The number of urea groups is 1. The first kappa shape index (κ1) is 42.1. The lowest BCUT2D eigenvalue weighted by Crippen LogP contribution is -2.45. The second kappa shape index (κ2) is 19.4. The van der Waals surface area contributed by atoms with Crippen LogP contribution in [0.1, 0.15) is 101 Å². The monoisotopic (exact) mass is 822 g/mol. The molecule has 1 saturated heterocycles. The van der Waals surface area contributed by atoms with Gasteiger partial charge in [0.25, 0.3) is 0 Å². The zero-order chi connectivity index (χ0) is 42.2. The van der Waals surface area contributed by atoms with E-state index in [9.17, 15) is 14.4 Å². The molecule has 0 bridgehead atoms. The van der Waals surface area contributed by atoms with Crippen molar-refractivity contribution in [2.75, 3.05) is 25.0 Å². The standard InChI is InChI=1S/C42H54N12O6/c1-6-54-50-39(49-51-54)36-35(58-27(4)55)37(59-28(5)56)41(60-36)53-25-46-34-38(44-23-32(29-15-9-7-10-16-29)30-17-11-8-12-18-30)47-33(48-40(34)53)24-45-42(57)43-21-22-52(26(2)3)31-19-13-14-20-31/h7-12,15-18,25-26,31-32,35-37,41H,6,13-14,19-24H2,1-5H3,(H2,43,45,57)(H,44,47,48)/t35-,36+,37-,41-/m1/s1. The molecule has 0 radical (unpaired) electrons. The molecule has 0 unspecified atom stereocenters. The molecule has 3 N–H and O–H groups in total. The van der Waals surface area contributed by atoms with Gasteiger partial charge >= 0.3 is 18.0 Å². The van der Waals surface area contributed by atoms with Crippen molar-refractivity contribution in [1.82, 2.24) is 55.3 Å². The van der Waals surface area contributed by atoms with Crippen LogP contribution in [0.4, 0.5) is 10.6 Å². The van der Waals surface area contributed by atoms with Gasteiger partial charge in [-0.3, -0.25) is 19.1 Å². The van der Waals surface area contributed by atoms with Gasteiger partial charge in [0, 0.05) is 51.5 Å². The Morgan fingerprint density at radius 1 is 0.917 bits per heavy atom. The topological polar surface area (TPSA) is 205 Å². The van der Waals surface area contributed by atoms with Crippen LogP contribution in [-0.4, -0.2) is 107 Å². The zero-order valence-corrected chi connectivity index (χ0v) is 34.7. The number of ether oxygens (including phenoxy) is 3. The van der Waals surface area contributed by atoms with Crippen molar-refractivity contribution in [1.29, 1.82) is 0 Å². The number of benzene rings is 2. The van der Waals surface area contributed by atoms with Gasteiger partial charge in [0.15, 0.2) is 47.3 Å².